The Morgan fingerprint density at radius 2 is 1.92 bits per heavy atom. The van der Waals surface area contributed by atoms with Crippen LogP contribution in [0.3, 0.4) is 0 Å². The van der Waals surface area contributed by atoms with Crippen molar-refractivity contribution in [3.8, 4) is 5.75 Å². The number of ether oxygens (including phenoxy) is 2. The SMILES string of the molecule is C=C1CC[C@H](OC(=O)Oc2ccc([N+](=O)[O-])cc2)C/C1=C/C=C1\CCC[C@]2(C)C(CCCCC(C)C)CC[C@@H]12. The van der Waals surface area contributed by atoms with Crippen molar-refractivity contribution < 1.29 is 19.2 Å². The van der Waals surface area contributed by atoms with Gasteiger partial charge >= 0.3 is 6.16 Å². The van der Waals surface area contributed by atoms with Crippen LogP contribution < -0.4 is 4.74 Å². The maximum Gasteiger partial charge on any atom is 0.514 e. The summed E-state index contributed by atoms with van der Waals surface area (Å²) in [7, 11) is 0. The topological polar surface area (TPSA) is 78.7 Å². The van der Waals surface area contributed by atoms with Crippen LogP contribution in [0.2, 0.25) is 0 Å². The average Bonchev–Trinajstić information content (AvgIpc) is 3.23. The molecule has 1 aromatic carbocycles. The predicted molar refractivity (Wildman–Crippen MR) is 155 cm³/mol. The number of hydrogen-bond acceptors (Lipinski definition) is 5. The lowest BCUT2D eigenvalue weighted by molar-refractivity contribution is -0.384. The van der Waals surface area contributed by atoms with Gasteiger partial charge in [-0.1, -0.05) is 69.9 Å². The number of nitro groups is 1. The zero-order chi connectivity index (χ0) is 28.0. The molecule has 0 radical (unpaired) electrons. The van der Waals surface area contributed by atoms with Gasteiger partial charge in [-0.15, -0.1) is 0 Å². The standard InChI is InChI=1S/C33H45NO5/c1-23(2)8-5-6-10-27-14-20-31-25(9-7-21-33(27,31)4)12-13-26-22-30(17-11-24(26)3)39-32(35)38-29-18-15-28(16-19-29)34(36)37/h12-13,15-16,18-19,23,27,30-31H,3,5-11,14,17,20-22H2,1-2,4H3/b25-12+,26-13-/t27?,30-,31-,33+/m0/s1. The molecule has 3 saturated carbocycles. The fourth-order valence-corrected chi connectivity index (χ4v) is 7.14. The molecule has 3 aliphatic carbocycles. The third-order valence-electron chi connectivity index (χ3n) is 9.43. The largest absolute Gasteiger partial charge is 0.514 e. The summed E-state index contributed by atoms with van der Waals surface area (Å²) in [5.74, 6) is 2.55. The smallest absolute Gasteiger partial charge is 0.430 e. The van der Waals surface area contributed by atoms with E-state index in [1.165, 1.54) is 82.1 Å². The van der Waals surface area contributed by atoms with Crippen molar-refractivity contribution in [2.45, 2.75) is 104 Å². The number of rotatable bonds is 9. The van der Waals surface area contributed by atoms with Crippen molar-refractivity contribution in [1.82, 2.24) is 0 Å². The highest BCUT2D eigenvalue weighted by Crippen LogP contribution is 2.58. The van der Waals surface area contributed by atoms with Gasteiger partial charge in [-0.25, -0.2) is 4.79 Å². The quantitative estimate of drug-likeness (QED) is 0.103. The predicted octanol–water partition coefficient (Wildman–Crippen LogP) is 9.50. The second-order valence-corrected chi connectivity index (χ2v) is 12.5. The van der Waals surface area contributed by atoms with Gasteiger partial charge in [-0.3, -0.25) is 10.1 Å². The molecule has 1 unspecified atom stereocenters. The van der Waals surface area contributed by atoms with Crippen LogP contribution in [-0.4, -0.2) is 17.2 Å². The summed E-state index contributed by atoms with van der Waals surface area (Å²) in [5, 5.41) is 10.8. The Labute approximate surface area is 233 Å². The average molecular weight is 536 g/mol. The van der Waals surface area contributed by atoms with Gasteiger partial charge < -0.3 is 9.47 Å². The summed E-state index contributed by atoms with van der Waals surface area (Å²) >= 11 is 0. The third-order valence-corrected chi connectivity index (χ3v) is 9.43. The van der Waals surface area contributed by atoms with Gasteiger partial charge in [0.2, 0.25) is 0 Å². The van der Waals surface area contributed by atoms with Crippen LogP contribution in [0.5, 0.6) is 5.75 Å². The van der Waals surface area contributed by atoms with Gasteiger partial charge in [-0.2, -0.15) is 0 Å². The molecule has 3 aliphatic rings. The summed E-state index contributed by atoms with van der Waals surface area (Å²) in [4.78, 5) is 22.7. The Morgan fingerprint density at radius 1 is 1.15 bits per heavy atom. The Morgan fingerprint density at radius 3 is 2.64 bits per heavy atom. The number of carbonyl (C=O) groups is 1. The van der Waals surface area contributed by atoms with E-state index in [9.17, 15) is 14.9 Å². The van der Waals surface area contributed by atoms with Crippen molar-refractivity contribution in [3.05, 3.63) is 69.8 Å². The van der Waals surface area contributed by atoms with E-state index in [1.54, 1.807) is 5.57 Å². The normalized spacial score (nSPS) is 29.0. The molecule has 0 amide bonds. The van der Waals surface area contributed by atoms with Gasteiger partial charge in [0.15, 0.2) is 0 Å². The van der Waals surface area contributed by atoms with E-state index in [1.807, 2.05) is 0 Å². The first-order valence-electron chi connectivity index (χ1n) is 14.9. The Hall–Kier alpha value is -2.89. The maximum atomic E-state index is 12.4. The number of benzene rings is 1. The third kappa shape index (κ3) is 7.40. The Balaban J connectivity index is 1.34. The number of non-ortho nitro benzene ring substituents is 1. The number of hydrogen-bond donors (Lipinski definition) is 0. The number of unbranched alkanes of at least 4 members (excludes halogenated alkanes) is 1. The van der Waals surface area contributed by atoms with Crippen LogP contribution in [0.15, 0.2) is 59.7 Å². The van der Waals surface area contributed by atoms with Crippen molar-refractivity contribution in [3.63, 3.8) is 0 Å². The van der Waals surface area contributed by atoms with Crippen LogP contribution in [0, 0.1) is 33.3 Å². The number of allylic oxidation sites excluding steroid dienone is 4. The zero-order valence-electron chi connectivity index (χ0n) is 24.0. The van der Waals surface area contributed by atoms with E-state index in [4.69, 9.17) is 9.47 Å². The number of fused-ring (bicyclic) bond motifs is 1. The minimum Gasteiger partial charge on any atom is -0.430 e. The minimum absolute atomic E-state index is 0.0570. The number of nitro benzene ring substituents is 1. The van der Waals surface area contributed by atoms with E-state index in [2.05, 4.69) is 39.5 Å². The molecule has 4 atom stereocenters. The molecule has 0 bridgehead atoms. The van der Waals surface area contributed by atoms with E-state index < -0.39 is 11.1 Å². The van der Waals surface area contributed by atoms with Crippen molar-refractivity contribution >= 4 is 11.8 Å². The van der Waals surface area contributed by atoms with E-state index in [0.29, 0.717) is 24.2 Å². The van der Waals surface area contributed by atoms with Crippen molar-refractivity contribution in [2.24, 2.45) is 23.2 Å². The first-order chi connectivity index (χ1) is 18.7. The molecule has 0 N–H and O–H groups in total. The highest BCUT2D eigenvalue weighted by molar-refractivity contribution is 5.64. The first-order valence-corrected chi connectivity index (χ1v) is 14.9. The van der Waals surface area contributed by atoms with Gasteiger partial charge in [0.05, 0.1) is 4.92 Å². The molecule has 0 heterocycles. The van der Waals surface area contributed by atoms with Crippen LogP contribution in [0.25, 0.3) is 0 Å². The second-order valence-electron chi connectivity index (χ2n) is 12.5. The van der Waals surface area contributed by atoms with E-state index in [-0.39, 0.29) is 17.5 Å². The van der Waals surface area contributed by atoms with E-state index >= 15 is 0 Å². The Bertz CT molecular complexity index is 1100. The lowest BCUT2D eigenvalue weighted by atomic mass is 9.62. The Kier molecular flexibility index (Phi) is 9.68. The summed E-state index contributed by atoms with van der Waals surface area (Å²) in [6.45, 7) is 11.5. The molecular weight excluding hydrogens is 490 g/mol. The highest BCUT2D eigenvalue weighted by Gasteiger charge is 2.48. The lowest BCUT2D eigenvalue weighted by Gasteiger charge is -2.42. The monoisotopic (exact) mass is 535 g/mol. The summed E-state index contributed by atoms with van der Waals surface area (Å²) < 4.78 is 10.9. The molecule has 0 saturated heterocycles. The van der Waals surface area contributed by atoms with E-state index in [0.717, 1.165) is 29.4 Å². The fourth-order valence-electron chi connectivity index (χ4n) is 7.14. The molecular formula is C33H45NO5. The summed E-state index contributed by atoms with van der Waals surface area (Å²) in [6, 6.07) is 5.40. The molecule has 39 heavy (non-hydrogen) atoms. The van der Waals surface area contributed by atoms with Gasteiger partial charge in [-0.05, 0) is 92.2 Å². The number of carbonyl (C=O) groups excluding carboxylic acids is 1. The summed E-state index contributed by atoms with van der Waals surface area (Å²) in [5.41, 5.74) is 4.23. The van der Waals surface area contributed by atoms with Gasteiger partial charge in [0.25, 0.3) is 5.69 Å². The second kappa shape index (κ2) is 13.0. The molecule has 0 aliphatic heterocycles. The zero-order valence-corrected chi connectivity index (χ0v) is 24.0. The first kappa shape index (κ1) is 29.1. The highest BCUT2D eigenvalue weighted by atomic mass is 16.7. The lowest BCUT2D eigenvalue weighted by Crippen LogP contribution is -2.33. The molecule has 1 aromatic rings. The molecule has 4 rings (SSSR count). The molecule has 0 aromatic heterocycles. The fraction of sp³-hybridized carbons (Fsp3) is 0.606. The van der Waals surface area contributed by atoms with Crippen LogP contribution in [0.1, 0.15) is 97.8 Å². The van der Waals surface area contributed by atoms with Crippen molar-refractivity contribution in [2.75, 3.05) is 0 Å². The molecule has 0 spiro atoms. The summed E-state index contributed by atoms with van der Waals surface area (Å²) in [6.07, 6.45) is 17.5. The van der Waals surface area contributed by atoms with Gasteiger partial charge in [0, 0.05) is 18.6 Å². The van der Waals surface area contributed by atoms with Crippen molar-refractivity contribution in [1.29, 1.82) is 0 Å². The maximum absolute atomic E-state index is 12.4. The molecule has 212 valence electrons. The minimum atomic E-state index is -0.785. The van der Waals surface area contributed by atoms with Crippen LogP contribution in [-0.2, 0) is 4.74 Å². The van der Waals surface area contributed by atoms with Gasteiger partial charge in [0.1, 0.15) is 11.9 Å². The van der Waals surface area contributed by atoms with Crippen LogP contribution >= 0.6 is 0 Å². The van der Waals surface area contributed by atoms with Crippen LogP contribution in [0.4, 0.5) is 10.5 Å². The molecule has 3 fully saturated rings. The number of nitrogens with zero attached hydrogens (tertiary/aromatic N) is 1. The molecule has 6 heteroatoms. The molecule has 6 nitrogen and oxygen atoms in total.